The van der Waals surface area contributed by atoms with Crippen molar-refractivity contribution in [3.05, 3.63) is 76.9 Å². The molecule has 162 valence electrons. The van der Waals surface area contributed by atoms with Crippen LogP contribution < -0.4 is 4.74 Å². The molecule has 4 nitrogen and oxygen atoms in total. The summed E-state index contributed by atoms with van der Waals surface area (Å²) in [6, 6.07) is 18.2. The second kappa shape index (κ2) is 8.60. The molecule has 0 unspecified atom stereocenters. The summed E-state index contributed by atoms with van der Waals surface area (Å²) in [7, 11) is 3.98. The molecule has 0 N–H and O–H groups in total. The van der Waals surface area contributed by atoms with Gasteiger partial charge < -0.3 is 9.64 Å². The highest BCUT2D eigenvalue weighted by atomic mass is 16.5. The van der Waals surface area contributed by atoms with Gasteiger partial charge in [-0.05, 0) is 43.5 Å². The molecule has 1 saturated heterocycles. The predicted octanol–water partition coefficient (Wildman–Crippen LogP) is 4.20. The number of nitrogens with zero attached hydrogens (tertiary/aromatic N) is 2. The molecule has 4 aliphatic rings. The van der Waals surface area contributed by atoms with Crippen LogP contribution in [-0.4, -0.2) is 54.9 Å². The van der Waals surface area contributed by atoms with Crippen LogP contribution in [-0.2, 0) is 17.8 Å². The Labute approximate surface area is 185 Å². The summed E-state index contributed by atoms with van der Waals surface area (Å²) in [5.74, 6) is 0.984. The van der Waals surface area contributed by atoms with E-state index < -0.39 is 0 Å². The zero-order chi connectivity index (χ0) is 21.4. The van der Waals surface area contributed by atoms with Crippen molar-refractivity contribution < 1.29 is 9.53 Å². The van der Waals surface area contributed by atoms with Gasteiger partial charge in [-0.25, -0.2) is 0 Å². The molecule has 2 aromatic carbocycles. The average Bonchev–Trinajstić information content (AvgIpc) is 2.78. The number of allylic oxidation sites excluding steroid dienone is 1. The van der Waals surface area contributed by atoms with Gasteiger partial charge in [0.1, 0.15) is 11.5 Å². The Morgan fingerprint density at radius 2 is 1.84 bits per heavy atom. The van der Waals surface area contributed by atoms with Crippen LogP contribution in [0.15, 0.2) is 60.2 Å². The Morgan fingerprint density at radius 1 is 1.00 bits per heavy atom. The van der Waals surface area contributed by atoms with E-state index in [0.29, 0.717) is 24.3 Å². The molecule has 0 radical (unpaired) electrons. The van der Waals surface area contributed by atoms with Gasteiger partial charge in [0.2, 0.25) is 0 Å². The van der Waals surface area contributed by atoms with Crippen LogP contribution in [0.4, 0.5) is 0 Å². The Hall–Kier alpha value is -2.43. The molecule has 0 saturated carbocycles. The van der Waals surface area contributed by atoms with Crippen molar-refractivity contribution in [1.29, 1.82) is 0 Å². The fourth-order valence-corrected chi connectivity index (χ4v) is 5.59. The van der Waals surface area contributed by atoms with E-state index in [0.717, 1.165) is 50.2 Å². The molecular weight excluding hydrogens is 384 g/mol. The second-order valence-electron chi connectivity index (χ2n) is 9.42. The van der Waals surface area contributed by atoms with Crippen LogP contribution >= 0.6 is 0 Å². The number of hydrogen-bond donors (Lipinski definition) is 0. The monoisotopic (exact) mass is 416 g/mol. The van der Waals surface area contributed by atoms with Gasteiger partial charge in [-0.1, -0.05) is 54.1 Å². The van der Waals surface area contributed by atoms with Crippen molar-refractivity contribution in [3.63, 3.8) is 0 Å². The van der Waals surface area contributed by atoms with Gasteiger partial charge >= 0.3 is 0 Å². The third-order valence-corrected chi connectivity index (χ3v) is 7.35. The molecular formula is C27H32N2O2. The number of fused-ring (bicyclic) bond motifs is 2. The first kappa shape index (κ1) is 20.5. The molecule has 6 bridgehead atoms. The van der Waals surface area contributed by atoms with E-state index in [-0.39, 0.29) is 5.92 Å². The lowest BCUT2D eigenvalue weighted by atomic mass is 9.80. The Kier molecular flexibility index (Phi) is 5.68. The molecule has 2 aromatic rings. The molecule has 0 aromatic heterocycles. The van der Waals surface area contributed by atoms with Gasteiger partial charge in [0.05, 0.1) is 13.0 Å². The van der Waals surface area contributed by atoms with E-state index in [9.17, 15) is 4.79 Å². The smallest absolute Gasteiger partial charge is 0.144 e. The molecule has 0 spiro atoms. The van der Waals surface area contributed by atoms with Crippen molar-refractivity contribution in [2.45, 2.75) is 50.2 Å². The SMILES string of the molecule is COc1ccc2cc1[C@H]1C=C(CCC1=O)C[C@H]1CN(C)[C@@H](C2)CN1Cc1ccccc1. The van der Waals surface area contributed by atoms with Crippen LogP contribution in [0.1, 0.15) is 41.9 Å². The molecule has 3 atom stereocenters. The summed E-state index contributed by atoms with van der Waals surface area (Å²) in [5.41, 5.74) is 5.13. The number of rotatable bonds is 3. The number of ketones is 1. The fourth-order valence-electron chi connectivity index (χ4n) is 5.59. The maximum Gasteiger partial charge on any atom is 0.144 e. The summed E-state index contributed by atoms with van der Waals surface area (Å²) < 4.78 is 5.66. The van der Waals surface area contributed by atoms with Crippen LogP contribution in [0.2, 0.25) is 0 Å². The maximum absolute atomic E-state index is 12.9. The zero-order valence-electron chi connectivity index (χ0n) is 18.6. The lowest BCUT2D eigenvalue weighted by Crippen LogP contribution is -2.57. The van der Waals surface area contributed by atoms with Crippen molar-refractivity contribution in [3.8, 4) is 5.75 Å². The van der Waals surface area contributed by atoms with Crippen LogP contribution in [0, 0.1) is 0 Å². The molecule has 6 rings (SSSR count). The largest absolute Gasteiger partial charge is 0.496 e. The number of carbonyl (C=O) groups is 1. The minimum atomic E-state index is -0.170. The number of benzene rings is 2. The standard InChI is InChI=1S/C27H32N2O2/c1-28-17-23-13-20-8-10-26(30)24(14-20)25-15-21(9-11-27(25)31-2)12-22(28)18-29(23)16-19-6-4-3-5-7-19/h3-7,9,11,14-15,22-24H,8,10,12-13,16-18H2,1-2H3/t22-,23-,24+/m0/s1. The molecule has 3 heterocycles. The Bertz CT molecular complexity index is 984. The van der Waals surface area contributed by atoms with Crippen molar-refractivity contribution in [2.24, 2.45) is 0 Å². The summed E-state index contributed by atoms with van der Waals surface area (Å²) in [5, 5.41) is 0. The van der Waals surface area contributed by atoms with Gasteiger partial charge in [0.25, 0.3) is 0 Å². The molecule has 1 aliphatic carbocycles. The van der Waals surface area contributed by atoms with Gasteiger partial charge in [-0.2, -0.15) is 0 Å². The van der Waals surface area contributed by atoms with Gasteiger partial charge in [0, 0.05) is 43.7 Å². The molecule has 31 heavy (non-hydrogen) atoms. The summed E-state index contributed by atoms with van der Waals surface area (Å²) >= 11 is 0. The maximum atomic E-state index is 12.9. The van der Waals surface area contributed by atoms with E-state index in [2.05, 4.69) is 71.5 Å². The third-order valence-electron chi connectivity index (χ3n) is 7.35. The lowest BCUT2D eigenvalue weighted by molar-refractivity contribution is -0.119. The van der Waals surface area contributed by atoms with Crippen LogP contribution in [0.25, 0.3) is 0 Å². The average molecular weight is 417 g/mol. The summed E-state index contributed by atoms with van der Waals surface area (Å²) in [6.45, 7) is 3.11. The predicted molar refractivity (Wildman–Crippen MR) is 123 cm³/mol. The number of carbonyl (C=O) groups excluding carboxylic acids is 1. The van der Waals surface area contributed by atoms with E-state index >= 15 is 0 Å². The highest BCUT2D eigenvalue weighted by Crippen LogP contribution is 2.38. The number of likely N-dealkylation sites (N-methyl/N-ethyl adjacent to an activating group) is 1. The molecule has 0 amide bonds. The molecule has 3 aliphatic heterocycles. The summed E-state index contributed by atoms with van der Waals surface area (Å²) in [6.07, 6.45) is 5.80. The third kappa shape index (κ3) is 4.19. The van der Waals surface area contributed by atoms with E-state index in [1.165, 1.54) is 16.7 Å². The highest BCUT2D eigenvalue weighted by molar-refractivity contribution is 5.90. The number of ether oxygens (including phenoxy) is 1. The van der Waals surface area contributed by atoms with Gasteiger partial charge in [-0.15, -0.1) is 0 Å². The summed E-state index contributed by atoms with van der Waals surface area (Å²) in [4.78, 5) is 18.1. The normalized spacial score (nSPS) is 26.7. The van der Waals surface area contributed by atoms with Gasteiger partial charge in [0.15, 0.2) is 0 Å². The highest BCUT2D eigenvalue weighted by Gasteiger charge is 2.35. The second-order valence-corrected chi connectivity index (χ2v) is 9.42. The first-order valence-corrected chi connectivity index (χ1v) is 11.5. The van der Waals surface area contributed by atoms with Crippen molar-refractivity contribution in [1.82, 2.24) is 9.80 Å². The number of methoxy groups -OCH3 is 1. The topological polar surface area (TPSA) is 32.8 Å². The van der Waals surface area contributed by atoms with Crippen molar-refractivity contribution in [2.75, 3.05) is 27.2 Å². The van der Waals surface area contributed by atoms with Gasteiger partial charge in [-0.3, -0.25) is 9.69 Å². The number of piperazine rings is 1. The van der Waals surface area contributed by atoms with E-state index in [1.54, 1.807) is 7.11 Å². The van der Waals surface area contributed by atoms with Crippen LogP contribution in [0.5, 0.6) is 5.75 Å². The quantitative estimate of drug-likeness (QED) is 0.702. The van der Waals surface area contributed by atoms with Crippen molar-refractivity contribution >= 4 is 5.78 Å². The van der Waals surface area contributed by atoms with E-state index in [1.807, 2.05) is 0 Å². The van der Waals surface area contributed by atoms with Crippen LogP contribution in [0.3, 0.4) is 0 Å². The first-order chi connectivity index (χ1) is 15.1. The Balaban J connectivity index is 1.54. The number of Topliss-reactive ketones (excluding diaryl/α,β-unsaturated/α-hetero) is 1. The molecule has 4 heteroatoms. The molecule has 1 fully saturated rings. The lowest BCUT2D eigenvalue weighted by Gasteiger charge is -2.46. The number of hydrogen-bond acceptors (Lipinski definition) is 4. The van der Waals surface area contributed by atoms with E-state index in [4.69, 9.17) is 4.74 Å². The zero-order valence-corrected chi connectivity index (χ0v) is 18.6. The first-order valence-electron chi connectivity index (χ1n) is 11.5. The fraction of sp³-hybridized carbons (Fsp3) is 0.444. The minimum absolute atomic E-state index is 0.170. The minimum Gasteiger partial charge on any atom is -0.496 e. The Morgan fingerprint density at radius 3 is 2.65 bits per heavy atom.